The van der Waals surface area contributed by atoms with Crippen LogP contribution in [0, 0.1) is 0 Å². The fourth-order valence-electron chi connectivity index (χ4n) is 1.70. The topological polar surface area (TPSA) is 84.5 Å². The number of benzene rings is 1. The molecule has 2 rings (SSSR count). The fraction of sp³-hybridized carbons (Fsp3) is 0.300. The van der Waals surface area contributed by atoms with Crippen molar-refractivity contribution in [3.05, 3.63) is 22.7 Å². The number of fused-ring (bicyclic) bond motifs is 1. The quantitative estimate of drug-likeness (QED) is 0.872. The molecule has 0 radical (unpaired) electrons. The minimum Gasteiger partial charge on any atom is -0.491 e. The maximum Gasteiger partial charge on any atom is 0.323 e. The van der Waals surface area contributed by atoms with E-state index in [0.29, 0.717) is 23.8 Å². The molecule has 0 spiro atoms. The SMILES string of the molecule is CC(=O)NS(=O)(=O)Nc1cc(Cl)cc2c1OCC2. The number of carbonyl (C=O) groups is 1. The van der Waals surface area contributed by atoms with E-state index in [1.807, 2.05) is 0 Å². The Bertz CT molecular complexity index is 600. The molecule has 0 bridgehead atoms. The fourth-order valence-corrected chi connectivity index (χ4v) is 2.82. The van der Waals surface area contributed by atoms with Crippen molar-refractivity contribution in [3.63, 3.8) is 0 Å². The highest BCUT2D eigenvalue weighted by Crippen LogP contribution is 2.36. The highest BCUT2D eigenvalue weighted by atomic mass is 35.5. The second-order valence-corrected chi connectivity index (χ2v) is 5.66. The predicted molar refractivity (Wildman–Crippen MR) is 67.0 cm³/mol. The van der Waals surface area contributed by atoms with Gasteiger partial charge < -0.3 is 4.74 Å². The van der Waals surface area contributed by atoms with E-state index in [2.05, 4.69) is 4.72 Å². The van der Waals surface area contributed by atoms with Gasteiger partial charge in [-0.05, 0) is 12.1 Å². The summed E-state index contributed by atoms with van der Waals surface area (Å²) in [5, 5.41) is 0.403. The van der Waals surface area contributed by atoms with Crippen molar-refractivity contribution in [3.8, 4) is 5.75 Å². The summed E-state index contributed by atoms with van der Waals surface area (Å²) in [7, 11) is -3.96. The predicted octanol–water partition coefficient (Wildman–Crippen LogP) is 1.07. The summed E-state index contributed by atoms with van der Waals surface area (Å²) in [6.07, 6.45) is 0.671. The summed E-state index contributed by atoms with van der Waals surface area (Å²) in [5.41, 5.74) is 1.06. The minimum atomic E-state index is -3.96. The van der Waals surface area contributed by atoms with Gasteiger partial charge in [-0.15, -0.1) is 0 Å². The molecule has 6 nitrogen and oxygen atoms in total. The molecule has 98 valence electrons. The van der Waals surface area contributed by atoms with Gasteiger partial charge in [0, 0.05) is 23.9 Å². The highest BCUT2D eigenvalue weighted by molar-refractivity contribution is 7.91. The molecule has 2 N–H and O–H groups in total. The Labute approximate surface area is 109 Å². The van der Waals surface area contributed by atoms with Crippen LogP contribution in [-0.2, 0) is 21.4 Å². The van der Waals surface area contributed by atoms with E-state index in [-0.39, 0.29) is 5.69 Å². The van der Waals surface area contributed by atoms with Crippen LogP contribution in [0.5, 0.6) is 5.75 Å². The Morgan fingerprint density at radius 1 is 1.44 bits per heavy atom. The van der Waals surface area contributed by atoms with Crippen molar-refractivity contribution < 1.29 is 17.9 Å². The molecule has 1 aromatic carbocycles. The summed E-state index contributed by atoms with van der Waals surface area (Å²) in [6, 6.07) is 3.16. The van der Waals surface area contributed by atoms with Crippen LogP contribution >= 0.6 is 11.6 Å². The summed E-state index contributed by atoms with van der Waals surface area (Å²) < 4.78 is 32.5. The van der Waals surface area contributed by atoms with Gasteiger partial charge in [0.05, 0.1) is 12.3 Å². The molecule has 0 saturated carbocycles. The molecule has 18 heavy (non-hydrogen) atoms. The molecular formula is C10H11ClN2O4S. The normalized spacial score (nSPS) is 13.7. The smallest absolute Gasteiger partial charge is 0.323 e. The van der Waals surface area contributed by atoms with Crippen LogP contribution in [-0.4, -0.2) is 20.9 Å². The Kier molecular flexibility index (Phi) is 3.36. The molecule has 0 atom stereocenters. The first-order valence-corrected chi connectivity index (χ1v) is 7.00. The van der Waals surface area contributed by atoms with Crippen LogP contribution in [0.3, 0.4) is 0 Å². The van der Waals surface area contributed by atoms with Crippen LogP contribution < -0.4 is 14.2 Å². The zero-order valence-corrected chi connectivity index (χ0v) is 11.1. The largest absolute Gasteiger partial charge is 0.491 e. The standard InChI is InChI=1S/C10H11ClN2O4S/c1-6(14)12-18(15,16)13-9-5-8(11)4-7-2-3-17-10(7)9/h4-5,13H,2-3H2,1H3,(H,12,14). The molecule has 0 unspecified atom stereocenters. The van der Waals surface area contributed by atoms with E-state index in [4.69, 9.17) is 16.3 Å². The van der Waals surface area contributed by atoms with E-state index in [1.54, 1.807) is 10.8 Å². The molecule has 1 aromatic rings. The number of ether oxygens (including phenoxy) is 1. The Morgan fingerprint density at radius 2 is 2.17 bits per heavy atom. The third-order valence-electron chi connectivity index (χ3n) is 2.27. The lowest BCUT2D eigenvalue weighted by molar-refractivity contribution is -0.117. The number of nitrogens with one attached hydrogen (secondary N) is 2. The molecule has 1 heterocycles. The number of carbonyl (C=O) groups excluding carboxylic acids is 1. The summed E-state index contributed by atoms with van der Waals surface area (Å²) in [4.78, 5) is 10.8. The molecule has 0 aliphatic carbocycles. The lowest BCUT2D eigenvalue weighted by Gasteiger charge is -2.11. The maximum absolute atomic E-state index is 11.6. The molecule has 0 fully saturated rings. The van der Waals surface area contributed by atoms with Gasteiger partial charge in [-0.25, -0.2) is 4.72 Å². The molecule has 1 aliphatic heterocycles. The molecule has 1 amide bonds. The van der Waals surface area contributed by atoms with Crippen LogP contribution in [0.1, 0.15) is 12.5 Å². The van der Waals surface area contributed by atoms with E-state index in [9.17, 15) is 13.2 Å². The van der Waals surface area contributed by atoms with E-state index >= 15 is 0 Å². The van der Waals surface area contributed by atoms with Gasteiger partial charge in [-0.1, -0.05) is 11.6 Å². The minimum absolute atomic E-state index is 0.226. The molecule has 0 aromatic heterocycles. The monoisotopic (exact) mass is 290 g/mol. The van der Waals surface area contributed by atoms with Gasteiger partial charge in [0.25, 0.3) is 0 Å². The Morgan fingerprint density at radius 3 is 2.83 bits per heavy atom. The number of anilines is 1. The lowest BCUT2D eigenvalue weighted by atomic mass is 10.1. The number of amides is 1. The maximum atomic E-state index is 11.6. The van der Waals surface area contributed by atoms with Gasteiger partial charge >= 0.3 is 10.2 Å². The number of halogens is 1. The van der Waals surface area contributed by atoms with Crippen molar-refractivity contribution >= 4 is 33.4 Å². The summed E-state index contributed by atoms with van der Waals surface area (Å²) >= 11 is 5.89. The van der Waals surface area contributed by atoms with Crippen molar-refractivity contribution in [1.29, 1.82) is 0 Å². The Balaban J connectivity index is 2.33. The van der Waals surface area contributed by atoms with Crippen molar-refractivity contribution in [2.45, 2.75) is 13.3 Å². The number of rotatable bonds is 3. The third kappa shape index (κ3) is 2.85. The zero-order chi connectivity index (χ0) is 13.3. The van der Waals surface area contributed by atoms with Crippen LogP contribution in [0.15, 0.2) is 12.1 Å². The number of hydrogen-bond acceptors (Lipinski definition) is 4. The van der Waals surface area contributed by atoms with Crippen LogP contribution in [0.25, 0.3) is 0 Å². The van der Waals surface area contributed by atoms with Gasteiger partial charge in [0.15, 0.2) is 0 Å². The van der Waals surface area contributed by atoms with E-state index in [1.165, 1.54) is 6.07 Å². The van der Waals surface area contributed by atoms with Gasteiger partial charge in [0.1, 0.15) is 5.75 Å². The molecule has 0 saturated heterocycles. The van der Waals surface area contributed by atoms with Crippen LogP contribution in [0.2, 0.25) is 5.02 Å². The second-order valence-electron chi connectivity index (χ2n) is 3.80. The van der Waals surface area contributed by atoms with E-state index < -0.39 is 16.1 Å². The molecule has 8 heteroatoms. The van der Waals surface area contributed by atoms with Gasteiger partial charge in [0.2, 0.25) is 5.91 Å². The molecule has 1 aliphatic rings. The first-order valence-electron chi connectivity index (χ1n) is 5.14. The van der Waals surface area contributed by atoms with Crippen LogP contribution in [0.4, 0.5) is 5.69 Å². The second kappa shape index (κ2) is 4.66. The first kappa shape index (κ1) is 13.0. The third-order valence-corrected chi connectivity index (χ3v) is 3.53. The number of hydrogen-bond donors (Lipinski definition) is 2. The van der Waals surface area contributed by atoms with Gasteiger partial charge in [-0.3, -0.25) is 9.52 Å². The average molecular weight is 291 g/mol. The Hall–Kier alpha value is -1.47. The zero-order valence-electron chi connectivity index (χ0n) is 9.49. The van der Waals surface area contributed by atoms with Crippen molar-refractivity contribution in [1.82, 2.24) is 4.72 Å². The lowest BCUT2D eigenvalue weighted by Crippen LogP contribution is -2.33. The highest BCUT2D eigenvalue weighted by Gasteiger charge is 2.21. The summed E-state index contributed by atoms with van der Waals surface area (Å²) in [5.74, 6) is -0.226. The first-order chi connectivity index (χ1) is 8.37. The molecular weight excluding hydrogens is 280 g/mol. The summed E-state index contributed by atoms with van der Waals surface area (Å²) in [6.45, 7) is 1.59. The van der Waals surface area contributed by atoms with E-state index in [0.717, 1.165) is 12.5 Å². The van der Waals surface area contributed by atoms with Gasteiger partial charge in [-0.2, -0.15) is 8.42 Å². The van der Waals surface area contributed by atoms with Crippen molar-refractivity contribution in [2.75, 3.05) is 11.3 Å². The average Bonchev–Trinajstić information content (AvgIpc) is 2.61. The van der Waals surface area contributed by atoms with Crippen molar-refractivity contribution in [2.24, 2.45) is 0 Å².